The lowest BCUT2D eigenvalue weighted by molar-refractivity contribution is -0.170. The highest BCUT2D eigenvalue weighted by Gasteiger charge is 2.27. The highest BCUT2D eigenvalue weighted by Crippen LogP contribution is 2.34. The first kappa shape index (κ1) is 26.6. The number of anilines is 3. The van der Waals surface area contributed by atoms with Gasteiger partial charge in [-0.1, -0.05) is 12.8 Å². The summed E-state index contributed by atoms with van der Waals surface area (Å²) in [7, 11) is 0. The molecule has 2 heterocycles. The maximum absolute atomic E-state index is 12.5. The maximum Gasteiger partial charge on any atom is 0.345 e. The molecule has 3 saturated carbocycles. The summed E-state index contributed by atoms with van der Waals surface area (Å²) in [5.74, 6) is 2.60. The van der Waals surface area contributed by atoms with Crippen molar-refractivity contribution in [3.05, 3.63) is 24.0 Å². The summed E-state index contributed by atoms with van der Waals surface area (Å²) in [4.78, 5) is 21.4. The van der Waals surface area contributed by atoms with Gasteiger partial charge in [-0.25, -0.2) is 9.78 Å². The van der Waals surface area contributed by atoms with E-state index < -0.39 is 12.7 Å². The molecule has 10 nitrogen and oxygen atoms in total. The van der Waals surface area contributed by atoms with Gasteiger partial charge in [0.15, 0.2) is 5.82 Å². The lowest BCUT2D eigenvalue weighted by Gasteiger charge is -2.32. The predicted octanol–water partition coefficient (Wildman–Crippen LogP) is 5.17. The molecule has 3 aliphatic rings. The van der Waals surface area contributed by atoms with E-state index in [1.54, 1.807) is 6.20 Å². The Morgan fingerprint density at radius 1 is 0.921 bits per heavy atom. The highest BCUT2D eigenvalue weighted by molar-refractivity contribution is 5.74. The molecule has 3 aliphatic carbocycles. The zero-order valence-corrected chi connectivity index (χ0v) is 21.6. The number of carbonyl (C=O) groups excluding carboxylic acids is 1. The highest BCUT2D eigenvalue weighted by atomic mass is 19.3. The summed E-state index contributed by atoms with van der Waals surface area (Å²) in [5.41, 5.74) is 1.18. The Morgan fingerprint density at radius 2 is 1.58 bits per heavy atom. The van der Waals surface area contributed by atoms with Crippen molar-refractivity contribution in [3.8, 4) is 0 Å². The van der Waals surface area contributed by atoms with E-state index in [4.69, 9.17) is 0 Å². The van der Waals surface area contributed by atoms with Crippen LogP contribution in [-0.4, -0.2) is 57.0 Å². The number of alkyl halides is 2. The van der Waals surface area contributed by atoms with Gasteiger partial charge >= 0.3 is 12.6 Å². The number of halogens is 2. The molecule has 5 N–H and O–H groups in total. The standard InChI is InChI=1S/C26H38F2N8O2/c27-24(28)38-20-11-9-19(10-12-20)32-26(37)31-18-7-5-17(6-8-18)30-25-29-14-13-22(34-25)33-23-15-21(35-36-23)16-3-1-2-4-16/h13-20,24H,1-12H2,(H2,31,32,37)(H3,29,30,33,34,35,36)/t17-,18-,19-,20-. The van der Waals surface area contributed by atoms with Crippen molar-refractivity contribution in [1.82, 2.24) is 30.8 Å². The van der Waals surface area contributed by atoms with E-state index in [0.717, 1.165) is 31.5 Å². The molecule has 0 radical (unpaired) electrons. The zero-order chi connectivity index (χ0) is 26.3. The molecule has 5 rings (SSSR count). The smallest absolute Gasteiger partial charge is 0.345 e. The molecular formula is C26H38F2N8O2. The van der Waals surface area contributed by atoms with Crippen LogP contribution in [-0.2, 0) is 4.74 Å². The van der Waals surface area contributed by atoms with E-state index in [9.17, 15) is 13.6 Å². The largest absolute Gasteiger partial charge is 0.351 e. The van der Waals surface area contributed by atoms with Crippen molar-refractivity contribution < 1.29 is 18.3 Å². The molecule has 0 atom stereocenters. The summed E-state index contributed by atoms with van der Waals surface area (Å²) < 4.78 is 29.3. The van der Waals surface area contributed by atoms with E-state index in [1.165, 1.54) is 31.4 Å². The lowest BCUT2D eigenvalue weighted by atomic mass is 9.91. The topological polar surface area (TPSA) is 129 Å². The zero-order valence-electron chi connectivity index (χ0n) is 21.6. The molecule has 0 unspecified atom stereocenters. The fourth-order valence-electron chi connectivity index (χ4n) is 5.94. The van der Waals surface area contributed by atoms with E-state index in [1.807, 2.05) is 6.07 Å². The monoisotopic (exact) mass is 532 g/mol. The number of nitrogens with zero attached hydrogens (tertiary/aromatic N) is 3. The van der Waals surface area contributed by atoms with E-state index in [-0.39, 0.29) is 24.2 Å². The second-order valence-corrected chi connectivity index (χ2v) is 10.8. The number of urea groups is 1. The third-order valence-electron chi connectivity index (χ3n) is 8.00. The summed E-state index contributed by atoms with van der Waals surface area (Å²) in [6, 6.07) is 4.05. The van der Waals surface area contributed by atoms with E-state index in [0.29, 0.717) is 43.4 Å². The first-order valence-electron chi connectivity index (χ1n) is 13.9. The predicted molar refractivity (Wildman–Crippen MR) is 140 cm³/mol. The van der Waals surface area contributed by atoms with E-state index >= 15 is 0 Å². The van der Waals surface area contributed by atoms with E-state index in [2.05, 4.69) is 52.2 Å². The molecule has 2 aromatic heterocycles. The van der Waals surface area contributed by atoms with Gasteiger partial charge in [-0.3, -0.25) is 5.10 Å². The molecule has 0 saturated heterocycles. The van der Waals surface area contributed by atoms with Gasteiger partial charge in [-0.15, -0.1) is 0 Å². The van der Waals surface area contributed by atoms with Crippen LogP contribution < -0.4 is 21.3 Å². The maximum atomic E-state index is 12.5. The van der Waals surface area contributed by atoms with Crippen molar-refractivity contribution in [2.75, 3.05) is 10.6 Å². The van der Waals surface area contributed by atoms with Crippen molar-refractivity contribution in [2.24, 2.45) is 0 Å². The van der Waals surface area contributed by atoms with Gasteiger partial charge in [0.2, 0.25) is 5.95 Å². The van der Waals surface area contributed by atoms with Gasteiger partial charge in [0.25, 0.3) is 0 Å². The first-order chi connectivity index (χ1) is 18.5. The second-order valence-electron chi connectivity index (χ2n) is 10.8. The molecular weight excluding hydrogens is 494 g/mol. The van der Waals surface area contributed by atoms with Crippen molar-refractivity contribution >= 4 is 23.6 Å². The van der Waals surface area contributed by atoms with Crippen LogP contribution in [0.15, 0.2) is 18.3 Å². The number of nitrogens with one attached hydrogen (secondary N) is 5. The summed E-state index contributed by atoms with van der Waals surface area (Å²) >= 11 is 0. The summed E-state index contributed by atoms with van der Waals surface area (Å²) in [5, 5.41) is 20.3. The number of aromatic nitrogens is 4. The van der Waals surface area contributed by atoms with Crippen LogP contribution >= 0.6 is 0 Å². The van der Waals surface area contributed by atoms with Gasteiger partial charge in [0.1, 0.15) is 5.82 Å². The Bertz CT molecular complexity index is 1030. The third-order valence-corrected chi connectivity index (χ3v) is 8.00. The van der Waals surface area contributed by atoms with Crippen LogP contribution in [0.3, 0.4) is 0 Å². The average Bonchev–Trinajstić information content (AvgIpc) is 3.59. The Labute approximate surface area is 221 Å². The molecule has 0 aliphatic heterocycles. The molecule has 2 amide bonds. The number of hydrogen-bond donors (Lipinski definition) is 5. The SMILES string of the molecule is O=C(N[C@H]1CC[C@H](Nc2nccc(Nc3cc(C4CCCC4)[nH]n3)n2)CC1)N[C@H]1CC[C@H](OC(F)F)CC1. The average molecular weight is 533 g/mol. The first-order valence-corrected chi connectivity index (χ1v) is 13.9. The van der Waals surface area contributed by atoms with Crippen LogP contribution in [0.4, 0.5) is 31.2 Å². The summed E-state index contributed by atoms with van der Waals surface area (Å²) in [6.07, 6.45) is 12.2. The molecule has 38 heavy (non-hydrogen) atoms. The molecule has 208 valence electrons. The minimum atomic E-state index is -2.74. The lowest BCUT2D eigenvalue weighted by Crippen LogP contribution is -2.49. The van der Waals surface area contributed by atoms with Crippen molar-refractivity contribution in [3.63, 3.8) is 0 Å². The number of hydrogen-bond acceptors (Lipinski definition) is 7. The minimum absolute atomic E-state index is 0.000622. The van der Waals surface area contributed by atoms with Gasteiger partial charge in [0.05, 0.1) is 6.10 Å². The molecule has 0 spiro atoms. The number of carbonyl (C=O) groups is 1. The molecule has 12 heteroatoms. The van der Waals surface area contributed by atoms with Crippen molar-refractivity contribution in [1.29, 1.82) is 0 Å². The van der Waals surface area contributed by atoms with Gasteiger partial charge in [0, 0.05) is 42.0 Å². The molecule has 2 aromatic rings. The molecule has 0 bridgehead atoms. The number of aromatic amines is 1. The normalized spacial score (nSPS) is 26.3. The van der Waals surface area contributed by atoms with Crippen LogP contribution in [0.1, 0.15) is 88.7 Å². The Morgan fingerprint density at radius 3 is 2.26 bits per heavy atom. The summed E-state index contributed by atoms with van der Waals surface area (Å²) in [6.45, 7) is -2.74. The Balaban J connectivity index is 1.02. The second kappa shape index (κ2) is 12.7. The Hall–Kier alpha value is -3.02. The van der Waals surface area contributed by atoms with Crippen LogP contribution in [0.2, 0.25) is 0 Å². The van der Waals surface area contributed by atoms with Crippen LogP contribution in [0, 0.1) is 0 Å². The number of H-pyrrole nitrogens is 1. The number of amides is 2. The fraction of sp³-hybridized carbons (Fsp3) is 0.692. The molecule has 0 aromatic carbocycles. The number of ether oxygens (including phenoxy) is 1. The number of rotatable bonds is 9. The quantitative estimate of drug-likeness (QED) is 0.301. The van der Waals surface area contributed by atoms with Crippen molar-refractivity contribution in [2.45, 2.75) is 114 Å². The fourth-order valence-corrected chi connectivity index (χ4v) is 5.94. The minimum Gasteiger partial charge on any atom is -0.351 e. The molecule has 3 fully saturated rings. The van der Waals surface area contributed by atoms with Crippen LogP contribution in [0.25, 0.3) is 0 Å². The van der Waals surface area contributed by atoms with Crippen LogP contribution in [0.5, 0.6) is 0 Å². The van der Waals surface area contributed by atoms with Gasteiger partial charge in [-0.05, 0) is 70.3 Å². The van der Waals surface area contributed by atoms with Gasteiger partial charge < -0.3 is 26.0 Å². The third kappa shape index (κ3) is 7.52. The Kier molecular flexibility index (Phi) is 8.87. The van der Waals surface area contributed by atoms with Gasteiger partial charge in [-0.2, -0.15) is 18.9 Å².